The van der Waals surface area contributed by atoms with Gasteiger partial charge in [0, 0.05) is 31.1 Å². The number of nitrogens with one attached hydrogen (secondary N) is 2. The Balaban J connectivity index is 1.68. The van der Waals surface area contributed by atoms with Crippen LogP contribution in [0.4, 0.5) is 4.79 Å². The molecule has 2 N–H and O–H groups in total. The monoisotopic (exact) mass is 453 g/mol. The summed E-state index contributed by atoms with van der Waals surface area (Å²) in [6.45, 7) is 10.4. The van der Waals surface area contributed by atoms with Crippen molar-refractivity contribution >= 4 is 28.6 Å². The van der Waals surface area contributed by atoms with Crippen LogP contribution in [0, 0.1) is 0 Å². The number of carbonyl (C=O) groups excluding carboxylic acids is 2. The van der Waals surface area contributed by atoms with E-state index in [1.807, 2.05) is 40.7 Å². The molecule has 0 bridgehead atoms. The molecular formula is C24H31N5O4. The summed E-state index contributed by atoms with van der Waals surface area (Å²) in [6, 6.07) is 6.93. The van der Waals surface area contributed by atoms with Gasteiger partial charge in [-0.1, -0.05) is 6.07 Å². The van der Waals surface area contributed by atoms with Gasteiger partial charge in [0.1, 0.15) is 11.2 Å². The first-order valence-electron chi connectivity index (χ1n) is 11.4. The Morgan fingerprint density at radius 3 is 2.55 bits per heavy atom. The van der Waals surface area contributed by atoms with E-state index in [1.165, 1.54) is 0 Å². The van der Waals surface area contributed by atoms with E-state index < -0.39 is 5.60 Å². The Morgan fingerprint density at radius 2 is 1.91 bits per heavy atom. The van der Waals surface area contributed by atoms with E-state index in [4.69, 9.17) is 9.84 Å². The fourth-order valence-corrected chi connectivity index (χ4v) is 4.29. The molecule has 0 spiro atoms. The minimum Gasteiger partial charge on any atom is -0.444 e. The molecule has 0 saturated carbocycles. The lowest BCUT2D eigenvalue weighted by atomic mass is 9.93. The number of benzene rings is 1. The zero-order chi connectivity index (χ0) is 23.9. The number of hydrogen-bond acceptors (Lipinski definition) is 5. The number of rotatable bonds is 3. The van der Waals surface area contributed by atoms with Crippen molar-refractivity contribution < 1.29 is 14.3 Å². The van der Waals surface area contributed by atoms with E-state index >= 15 is 0 Å². The van der Waals surface area contributed by atoms with Crippen LogP contribution in [-0.4, -0.2) is 56.2 Å². The van der Waals surface area contributed by atoms with E-state index in [2.05, 4.69) is 10.3 Å². The van der Waals surface area contributed by atoms with Crippen LogP contribution in [0.25, 0.3) is 16.6 Å². The maximum Gasteiger partial charge on any atom is 0.410 e. The van der Waals surface area contributed by atoms with Gasteiger partial charge in [0.15, 0.2) is 0 Å². The second-order valence-electron chi connectivity index (χ2n) is 9.89. The number of carbonyl (C=O) groups is 2. The van der Waals surface area contributed by atoms with Gasteiger partial charge >= 0.3 is 6.09 Å². The number of likely N-dealkylation sites (tertiary alicyclic amines) is 1. The number of aromatic amines is 1. The summed E-state index contributed by atoms with van der Waals surface area (Å²) in [5.74, 6) is -0.154. The molecule has 2 aromatic heterocycles. The third-order valence-corrected chi connectivity index (χ3v) is 5.69. The van der Waals surface area contributed by atoms with Gasteiger partial charge in [-0.05, 0) is 59.6 Å². The molecule has 9 nitrogen and oxygen atoms in total. The second-order valence-corrected chi connectivity index (χ2v) is 9.89. The molecule has 0 radical (unpaired) electrons. The molecule has 1 saturated heterocycles. The first kappa shape index (κ1) is 22.8. The largest absolute Gasteiger partial charge is 0.444 e. The van der Waals surface area contributed by atoms with Crippen LogP contribution in [0.5, 0.6) is 0 Å². The van der Waals surface area contributed by atoms with Gasteiger partial charge in [-0.25, -0.2) is 9.31 Å². The first-order chi connectivity index (χ1) is 15.5. The molecule has 0 atom stereocenters. The number of piperidine rings is 1. The summed E-state index contributed by atoms with van der Waals surface area (Å²) in [5.41, 5.74) is 1.62. The fourth-order valence-electron chi connectivity index (χ4n) is 4.29. The predicted molar refractivity (Wildman–Crippen MR) is 126 cm³/mol. The fraction of sp³-hybridized carbons (Fsp3) is 0.500. The molecule has 0 unspecified atom stereocenters. The third kappa shape index (κ3) is 4.72. The summed E-state index contributed by atoms with van der Waals surface area (Å²) in [5, 5.41) is 8.26. The number of hydrogen-bond donors (Lipinski definition) is 2. The van der Waals surface area contributed by atoms with Gasteiger partial charge in [0.25, 0.3) is 11.5 Å². The lowest BCUT2D eigenvalue weighted by Crippen LogP contribution is -2.41. The van der Waals surface area contributed by atoms with Crippen molar-refractivity contribution in [1.29, 1.82) is 0 Å². The third-order valence-electron chi connectivity index (χ3n) is 5.69. The van der Waals surface area contributed by atoms with Crippen LogP contribution in [0.1, 0.15) is 69.4 Å². The molecule has 3 aromatic rings. The molecule has 1 aliphatic rings. The smallest absolute Gasteiger partial charge is 0.410 e. The molecule has 176 valence electrons. The van der Waals surface area contributed by atoms with Crippen molar-refractivity contribution in [3.05, 3.63) is 45.9 Å². The van der Waals surface area contributed by atoms with Crippen molar-refractivity contribution in [2.45, 2.75) is 65.0 Å². The van der Waals surface area contributed by atoms with Crippen LogP contribution in [0.15, 0.2) is 29.1 Å². The van der Waals surface area contributed by atoms with E-state index in [0.29, 0.717) is 48.0 Å². The van der Waals surface area contributed by atoms with E-state index in [9.17, 15) is 14.4 Å². The number of amides is 2. The Kier molecular flexibility index (Phi) is 5.90. The van der Waals surface area contributed by atoms with Crippen LogP contribution in [0.2, 0.25) is 0 Å². The average Bonchev–Trinajstić information content (AvgIpc) is 3.10. The summed E-state index contributed by atoms with van der Waals surface area (Å²) in [6.07, 6.45) is 1.06. The summed E-state index contributed by atoms with van der Waals surface area (Å²) in [4.78, 5) is 42.4. The molecule has 1 aromatic carbocycles. The van der Waals surface area contributed by atoms with Crippen LogP contribution in [0.3, 0.4) is 0 Å². The molecule has 1 fully saturated rings. The Morgan fingerprint density at radius 1 is 1.21 bits per heavy atom. The van der Waals surface area contributed by atoms with Crippen molar-refractivity contribution in [1.82, 2.24) is 24.8 Å². The zero-order valence-corrected chi connectivity index (χ0v) is 19.8. The predicted octanol–water partition coefficient (Wildman–Crippen LogP) is 3.43. The number of ether oxygens (including phenoxy) is 1. The number of aromatic nitrogens is 3. The van der Waals surface area contributed by atoms with Gasteiger partial charge in [0.05, 0.1) is 22.2 Å². The highest BCUT2D eigenvalue weighted by Gasteiger charge is 2.29. The van der Waals surface area contributed by atoms with Crippen molar-refractivity contribution in [3.8, 4) is 0 Å². The van der Waals surface area contributed by atoms with Crippen LogP contribution >= 0.6 is 0 Å². The highest BCUT2D eigenvalue weighted by Crippen LogP contribution is 2.30. The van der Waals surface area contributed by atoms with Crippen LogP contribution in [-0.2, 0) is 4.74 Å². The average molecular weight is 454 g/mol. The van der Waals surface area contributed by atoms with E-state index in [-0.39, 0.29) is 29.5 Å². The van der Waals surface area contributed by atoms with Crippen molar-refractivity contribution in [2.24, 2.45) is 0 Å². The van der Waals surface area contributed by atoms with Gasteiger partial charge in [0.2, 0.25) is 0 Å². The van der Waals surface area contributed by atoms with Gasteiger partial charge in [-0.15, -0.1) is 0 Å². The highest BCUT2D eigenvalue weighted by atomic mass is 16.6. The lowest BCUT2D eigenvalue weighted by molar-refractivity contribution is 0.0203. The second kappa shape index (κ2) is 8.53. The Labute approximate surface area is 192 Å². The molecular weight excluding hydrogens is 422 g/mol. The molecule has 3 heterocycles. The van der Waals surface area contributed by atoms with Gasteiger partial charge < -0.3 is 19.9 Å². The topological polar surface area (TPSA) is 109 Å². The highest BCUT2D eigenvalue weighted by molar-refractivity contribution is 6.11. The number of H-pyrrole nitrogens is 1. The van der Waals surface area contributed by atoms with Gasteiger partial charge in [-0.3, -0.25) is 9.59 Å². The molecule has 33 heavy (non-hydrogen) atoms. The van der Waals surface area contributed by atoms with Crippen LogP contribution < -0.4 is 10.9 Å². The van der Waals surface area contributed by atoms with Crippen molar-refractivity contribution in [2.75, 3.05) is 13.1 Å². The maximum atomic E-state index is 12.8. The Hall–Kier alpha value is -3.36. The van der Waals surface area contributed by atoms with E-state index in [1.54, 1.807) is 27.6 Å². The number of nitrogens with zero attached hydrogens (tertiary/aromatic N) is 3. The van der Waals surface area contributed by atoms with E-state index in [0.717, 1.165) is 5.69 Å². The van der Waals surface area contributed by atoms with Crippen molar-refractivity contribution in [3.63, 3.8) is 0 Å². The molecule has 2 amide bonds. The van der Waals surface area contributed by atoms with Gasteiger partial charge in [-0.2, -0.15) is 5.10 Å². The summed E-state index contributed by atoms with van der Waals surface area (Å²) < 4.78 is 7.23. The summed E-state index contributed by atoms with van der Waals surface area (Å²) >= 11 is 0. The minimum absolute atomic E-state index is 0.0145. The zero-order valence-electron chi connectivity index (χ0n) is 19.8. The molecule has 0 aliphatic carbocycles. The normalized spacial score (nSPS) is 15.4. The molecule has 4 rings (SSSR count). The molecule has 9 heteroatoms. The summed E-state index contributed by atoms with van der Waals surface area (Å²) in [7, 11) is 0. The number of fused-ring (bicyclic) bond motifs is 3. The quantitative estimate of drug-likeness (QED) is 0.632. The standard InChI is InChI=1S/C24H31N5O4/c1-14(2)25-22(31)16-7-6-8-17-20(16)21-26-19(30)13-18(29(21)27-17)15-9-11-28(12-10-15)23(32)33-24(3,4)5/h6-8,13-15H,9-12H2,1-5H3,(H,25,31)(H,26,30). The molecule has 1 aliphatic heterocycles. The SMILES string of the molecule is CC(C)NC(=O)c1cccc2nn3c(C4CCN(C(=O)OC(C)(C)C)CC4)cc(=O)[nH]c3c12. The first-order valence-corrected chi connectivity index (χ1v) is 11.4. The lowest BCUT2D eigenvalue weighted by Gasteiger charge is -2.33. The minimum atomic E-state index is -0.540. The maximum absolute atomic E-state index is 12.8. The Bertz CT molecular complexity index is 1260.